The first-order valence-corrected chi connectivity index (χ1v) is 11.9. The van der Waals surface area contributed by atoms with Crippen LogP contribution < -0.4 is 10.1 Å². The number of rotatable bonds is 7. The number of aliphatic hydroxyl groups excluding tert-OH is 2. The average molecular weight is 457 g/mol. The van der Waals surface area contributed by atoms with Crippen molar-refractivity contribution in [2.45, 2.75) is 75.7 Å². The van der Waals surface area contributed by atoms with Crippen LogP contribution in [0.15, 0.2) is 35.9 Å². The molecular formula is C25H32N2O6. The van der Waals surface area contributed by atoms with Gasteiger partial charge >= 0.3 is 0 Å². The van der Waals surface area contributed by atoms with Crippen LogP contribution in [0.3, 0.4) is 0 Å². The zero-order valence-electron chi connectivity index (χ0n) is 18.9. The maximum Gasteiger partial charge on any atom is 0.290 e. The molecule has 1 fully saturated rings. The summed E-state index contributed by atoms with van der Waals surface area (Å²) in [4.78, 5) is 40.3. The number of ketones is 1. The highest BCUT2D eigenvalue weighted by molar-refractivity contribution is 6.36. The number of carbonyl (C=O) groups excluding carboxylic acids is 3. The molecule has 1 aromatic carbocycles. The van der Waals surface area contributed by atoms with E-state index in [0.29, 0.717) is 11.3 Å². The standard InChI is InChI=1S/C25H32N2O6/c1-2-19(29)25(32)27(15-8-4-3-5-9-15)18-14-17(24(31)26-12-13-28)21-16-10-6-7-11-20(16)33-23(21)22(18)30/h6-7,10-11,14-15,18,21-23,28,30H,2-5,8-9,12-13H2,1H3,(H,26,31). The van der Waals surface area contributed by atoms with Crippen molar-refractivity contribution in [2.24, 2.45) is 0 Å². The van der Waals surface area contributed by atoms with Gasteiger partial charge in [0.25, 0.3) is 5.91 Å². The first kappa shape index (κ1) is 23.4. The summed E-state index contributed by atoms with van der Waals surface area (Å²) in [7, 11) is 0. The first-order chi connectivity index (χ1) is 16.0. The van der Waals surface area contributed by atoms with Crippen molar-refractivity contribution in [1.29, 1.82) is 0 Å². The van der Waals surface area contributed by atoms with Gasteiger partial charge in [-0.25, -0.2) is 0 Å². The molecule has 4 atom stereocenters. The molecule has 3 aliphatic rings. The van der Waals surface area contributed by atoms with E-state index in [4.69, 9.17) is 4.74 Å². The van der Waals surface area contributed by atoms with Crippen molar-refractivity contribution in [2.75, 3.05) is 13.2 Å². The largest absolute Gasteiger partial charge is 0.486 e. The third-order valence-corrected chi connectivity index (χ3v) is 6.96. The van der Waals surface area contributed by atoms with E-state index in [1.807, 2.05) is 18.2 Å². The zero-order valence-corrected chi connectivity index (χ0v) is 18.9. The second-order valence-electron chi connectivity index (χ2n) is 8.96. The monoisotopic (exact) mass is 456 g/mol. The lowest BCUT2D eigenvalue weighted by Gasteiger charge is -2.44. The molecule has 1 aromatic rings. The number of aliphatic hydroxyl groups is 2. The molecule has 4 unspecified atom stereocenters. The van der Waals surface area contributed by atoms with Gasteiger partial charge in [0.2, 0.25) is 11.7 Å². The molecule has 0 radical (unpaired) electrons. The fraction of sp³-hybridized carbons (Fsp3) is 0.560. The molecule has 1 heterocycles. The fourth-order valence-corrected chi connectivity index (χ4v) is 5.36. The van der Waals surface area contributed by atoms with Crippen molar-refractivity contribution in [3.8, 4) is 5.75 Å². The summed E-state index contributed by atoms with van der Waals surface area (Å²) in [6.45, 7) is 1.53. The lowest BCUT2D eigenvalue weighted by molar-refractivity contribution is -0.151. The minimum Gasteiger partial charge on any atom is -0.486 e. The van der Waals surface area contributed by atoms with Gasteiger partial charge in [-0.1, -0.05) is 44.4 Å². The van der Waals surface area contributed by atoms with E-state index < -0.39 is 35.9 Å². The van der Waals surface area contributed by atoms with Gasteiger partial charge in [0.05, 0.1) is 18.6 Å². The van der Waals surface area contributed by atoms with Gasteiger partial charge in [-0.3, -0.25) is 14.4 Å². The molecule has 0 aromatic heterocycles. The van der Waals surface area contributed by atoms with E-state index in [9.17, 15) is 24.6 Å². The molecule has 0 bridgehead atoms. The van der Waals surface area contributed by atoms with Gasteiger partial charge in [-0.05, 0) is 25.0 Å². The summed E-state index contributed by atoms with van der Waals surface area (Å²) in [5, 5.41) is 23.3. The number of hydrogen-bond acceptors (Lipinski definition) is 6. The number of benzene rings is 1. The van der Waals surface area contributed by atoms with Crippen LogP contribution in [0.25, 0.3) is 0 Å². The van der Waals surface area contributed by atoms with E-state index in [2.05, 4.69) is 5.32 Å². The van der Waals surface area contributed by atoms with Gasteiger partial charge in [0.15, 0.2) is 0 Å². The summed E-state index contributed by atoms with van der Waals surface area (Å²) in [6.07, 6.45) is 4.31. The van der Waals surface area contributed by atoms with Crippen molar-refractivity contribution >= 4 is 17.6 Å². The molecule has 8 nitrogen and oxygen atoms in total. The summed E-state index contributed by atoms with van der Waals surface area (Å²) in [5.41, 5.74) is 1.18. The predicted molar refractivity (Wildman–Crippen MR) is 121 cm³/mol. The van der Waals surface area contributed by atoms with Crippen LogP contribution in [0, 0.1) is 0 Å². The van der Waals surface area contributed by atoms with Crippen LogP contribution in [-0.4, -0.2) is 70.2 Å². The summed E-state index contributed by atoms with van der Waals surface area (Å²) in [5.74, 6) is -1.42. The Balaban J connectivity index is 1.77. The number of nitrogens with zero attached hydrogens (tertiary/aromatic N) is 1. The second kappa shape index (κ2) is 10.1. The lowest BCUT2D eigenvalue weighted by Crippen LogP contribution is -2.59. The van der Waals surface area contributed by atoms with Crippen molar-refractivity contribution < 1.29 is 29.3 Å². The van der Waals surface area contributed by atoms with E-state index in [0.717, 1.165) is 37.7 Å². The molecule has 3 N–H and O–H groups in total. The topological polar surface area (TPSA) is 116 Å². The molecule has 0 spiro atoms. The molecule has 33 heavy (non-hydrogen) atoms. The number of nitrogens with one attached hydrogen (secondary N) is 1. The third-order valence-electron chi connectivity index (χ3n) is 6.96. The van der Waals surface area contributed by atoms with Crippen molar-refractivity contribution in [3.63, 3.8) is 0 Å². The maximum atomic E-state index is 13.2. The molecule has 8 heteroatoms. The van der Waals surface area contributed by atoms with Crippen molar-refractivity contribution in [3.05, 3.63) is 41.5 Å². The summed E-state index contributed by atoms with van der Waals surface area (Å²) < 4.78 is 6.10. The minimum absolute atomic E-state index is 0.0758. The number of ether oxygens (including phenoxy) is 1. The third kappa shape index (κ3) is 4.42. The molecule has 2 amide bonds. The van der Waals surface area contributed by atoms with Crippen LogP contribution in [-0.2, 0) is 14.4 Å². The SMILES string of the molecule is CCC(=O)C(=O)N(C1CCCCC1)C1C=C(C(=O)NCCO)C2c3ccccc3OC2C1O. The first-order valence-electron chi connectivity index (χ1n) is 11.9. The number of amides is 2. The minimum atomic E-state index is -1.10. The van der Waals surface area contributed by atoms with Crippen LogP contribution in [0.1, 0.15) is 56.9 Å². The Kier molecular flexibility index (Phi) is 7.14. The van der Waals surface area contributed by atoms with Crippen LogP contribution >= 0.6 is 0 Å². The van der Waals surface area contributed by atoms with Gasteiger partial charge in [0, 0.05) is 30.1 Å². The fourth-order valence-electron chi connectivity index (χ4n) is 5.36. The Morgan fingerprint density at radius 1 is 1.15 bits per heavy atom. The summed E-state index contributed by atoms with van der Waals surface area (Å²) in [6, 6.07) is 6.30. The Morgan fingerprint density at radius 3 is 2.58 bits per heavy atom. The molecule has 0 saturated heterocycles. The maximum absolute atomic E-state index is 13.2. The van der Waals surface area contributed by atoms with Crippen LogP contribution in [0.5, 0.6) is 5.75 Å². The van der Waals surface area contributed by atoms with Gasteiger partial charge in [0.1, 0.15) is 18.0 Å². The Hall–Kier alpha value is -2.71. The average Bonchev–Trinajstić information content (AvgIpc) is 3.24. The Labute approximate surface area is 193 Å². The molecular weight excluding hydrogens is 424 g/mol. The normalized spacial score (nSPS) is 26.5. The second-order valence-corrected chi connectivity index (χ2v) is 8.96. The number of hydrogen-bond donors (Lipinski definition) is 3. The smallest absolute Gasteiger partial charge is 0.290 e. The predicted octanol–water partition coefficient (Wildman–Crippen LogP) is 1.45. The molecule has 1 aliphatic heterocycles. The molecule has 1 saturated carbocycles. The van der Waals surface area contributed by atoms with Crippen LogP contribution in [0.2, 0.25) is 0 Å². The number of fused-ring (bicyclic) bond motifs is 3. The highest BCUT2D eigenvalue weighted by Crippen LogP contribution is 2.47. The van der Waals surface area contributed by atoms with E-state index in [1.165, 1.54) is 4.90 Å². The highest BCUT2D eigenvalue weighted by atomic mass is 16.5. The quantitative estimate of drug-likeness (QED) is 0.535. The summed E-state index contributed by atoms with van der Waals surface area (Å²) >= 11 is 0. The zero-order chi connectivity index (χ0) is 23.5. The number of carbonyl (C=O) groups is 3. The van der Waals surface area contributed by atoms with E-state index in [1.54, 1.807) is 19.1 Å². The number of para-hydroxylation sites is 1. The molecule has 4 rings (SSSR count). The Morgan fingerprint density at radius 2 is 1.88 bits per heavy atom. The number of Topliss-reactive ketones (excluding diaryl/α,β-unsaturated/α-hetero) is 1. The molecule has 2 aliphatic carbocycles. The van der Waals surface area contributed by atoms with E-state index in [-0.39, 0.29) is 31.5 Å². The molecule has 178 valence electrons. The van der Waals surface area contributed by atoms with Gasteiger partial charge < -0.3 is 25.2 Å². The van der Waals surface area contributed by atoms with E-state index >= 15 is 0 Å². The van der Waals surface area contributed by atoms with Crippen molar-refractivity contribution in [1.82, 2.24) is 10.2 Å². The van der Waals surface area contributed by atoms with Gasteiger partial charge in [-0.15, -0.1) is 0 Å². The lowest BCUT2D eigenvalue weighted by atomic mass is 9.76. The Bertz CT molecular complexity index is 939. The van der Waals surface area contributed by atoms with Gasteiger partial charge in [-0.2, -0.15) is 0 Å². The van der Waals surface area contributed by atoms with Crippen LogP contribution in [0.4, 0.5) is 0 Å². The highest BCUT2D eigenvalue weighted by Gasteiger charge is 2.51.